The maximum atomic E-state index is 3.53. The summed E-state index contributed by atoms with van der Waals surface area (Å²) in [7, 11) is 0. The zero-order valence-electron chi connectivity index (χ0n) is 10.8. The SMILES string of the molecule is CCC(C)CCC(C)CNCC(C)C. The summed E-state index contributed by atoms with van der Waals surface area (Å²) in [6.07, 6.45) is 4.09. The third-order valence-electron chi connectivity index (χ3n) is 2.89. The van der Waals surface area contributed by atoms with Gasteiger partial charge in [-0.05, 0) is 37.3 Å². The van der Waals surface area contributed by atoms with Crippen molar-refractivity contribution >= 4 is 0 Å². The van der Waals surface area contributed by atoms with Crippen LogP contribution in [0, 0.1) is 17.8 Å². The molecule has 14 heavy (non-hydrogen) atoms. The largest absolute Gasteiger partial charge is 0.316 e. The van der Waals surface area contributed by atoms with Crippen molar-refractivity contribution in [3.8, 4) is 0 Å². The van der Waals surface area contributed by atoms with E-state index in [4.69, 9.17) is 0 Å². The molecule has 0 aliphatic rings. The summed E-state index contributed by atoms with van der Waals surface area (Å²) in [5.74, 6) is 2.52. The lowest BCUT2D eigenvalue weighted by Gasteiger charge is -2.15. The van der Waals surface area contributed by atoms with E-state index in [0.717, 1.165) is 24.3 Å². The second-order valence-electron chi connectivity index (χ2n) is 5.25. The smallest absolute Gasteiger partial charge is 0.00230 e. The van der Waals surface area contributed by atoms with E-state index in [1.54, 1.807) is 0 Å². The van der Waals surface area contributed by atoms with Gasteiger partial charge in [-0.2, -0.15) is 0 Å². The van der Waals surface area contributed by atoms with E-state index in [-0.39, 0.29) is 0 Å². The summed E-state index contributed by atoms with van der Waals surface area (Å²) in [5.41, 5.74) is 0. The van der Waals surface area contributed by atoms with Gasteiger partial charge in [0.2, 0.25) is 0 Å². The van der Waals surface area contributed by atoms with E-state index < -0.39 is 0 Å². The third kappa shape index (κ3) is 8.55. The fraction of sp³-hybridized carbons (Fsp3) is 1.00. The van der Waals surface area contributed by atoms with Crippen LogP contribution < -0.4 is 5.32 Å². The molecular weight excluding hydrogens is 170 g/mol. The maximum absolute atomic E-state index is 3.53. The van der Waals surface area contributed by atoms with Crippen LogP contribution in [0.15, 0.2) is 0 Å². The first-order valence-electron chi connectivity index (χ1n) is 6.26. The fourth-order valence-electron chi connectivity index (χ4n) is 1.49. The molecule has 0 spiro atoms. The standard InChI is InChI=1S/C13H29N/c1-6-12(4)7-8-13(5)10-14-9-11(2)3/h11-14H,6-10H2,1-5H3. The van der Waals surface area contributed by atoms with Crippen LogP contribution in [0.1, 0.15) is 53.9 Å². The molecule has 0 radical (unpaired) electrons. The maximum Gasteiger partial charge on any atom is -0.00230 e. The number of hydrogen-bond acceptors (Lipinski definition) is 1. The fourth-order valence-corrected chi connectivity index (χ4v) is 1.49. The lowest BCUT2D eigenvalue weighted by atomic mass is 9.96. The Morgan fingerprint density at radius 2 is 1.43 bits per heavy atom. The zero-order chi connectivity index (χ0) is 11.0. The van der Waals surface area contributed by atoms with Crippen LogP contribution >= 0.6 is 0 Å². The van der Waals surface area contributed by atoms with Gasteiger partial charge in [-0.15, -0.1) is 0 Å². The van der Waals surface area contributed by atoms with E-state index in [9.17, 15) is 0 Å². The van der Waals surface area contributed by atoms with Crippen molar-refractivity contribution in [2.75, 3.05) is 13.1 Å². The first kappa shape index (κ1) is 14.0. The highest BCUT2D eigenvalue weighted by Crippen LogP contribution is 2.14. The Morgan fingerprint density at radius 1 is 0.857 bits per heavy atom. The Labute approximate surface area is 90.7 Å². The Morgan fingerprint density at radius 3 is 1.93 bits per heavy atom. The van der Waals surface area contributed by atoms with Crippen molar-refractivity contribution in [3.05, 3.63) is 0 Å². The van der Waals surface area contributed by atoms with Crippen LogP contribution in [0.25, 0.3) is 0 Å². The first-order valence-corrected chi connectivity index (χ1v) is 6.26. The molecule has 2 atom stereocenters. The minimum Gasteiger partial charge on any atom is -0.316 e. The van der Waals surface area contributed by atoms with Crippen LogP contribution in [-0.4, -0.2) is 13.1 Å². The van der Waals surface area contributed by atoms with Gasteiger partial charge in [0.05, 0.1) is 0 Å². The molecule has 0 heterocycles. The molecule has 0 saturated carbocycles. The van der Waals surface area contributed by atoms with Gasteiger partial charge in [-0.1, -0.05) is 47.5 Å². The van der Waals surface area contributed by atoms with Crippen LogP contribution in [-0.2, 0) is 0 Å². The van der Waals surface area contributed by atoms with E-state index in [0.29, 0.717) is 0 Å². The summed E-state index contributed by atoms with van der Waals surface area (Å²) in [6.45, 7) is 13.9. The van der Waals surface area contributed by atoms with Crippen molar-refractivity contribution in [3.63, 3.8) is 0 Å². The monoisotopic (exact) mass is 199 g/mol. The lowest BCUT2D eigenvalue weighted by molar-refractivity contribution is 0.397. The molecule has 86 valence electrons. The lowest BCUT2D eigenvalue weighted by Crippen LogP contribution is -2.25. The van der Waals surface area contributed by atoms with Crippen molar-refractivity contribution in [2.45, 2.75) is 53.9 Å². The molecule has 0 fully saturated rings. The summed E-state index contributed by atoms with van der Waals surface area (Å²) < 4.78 is 0. The van der Waals surface area contributed by atoms with Crippen LogP contribution in [0.5, 0.6) is 0 Å². The normalized spacial score (nSPS) is 15.9. The Balaban J connectivity index is 3.32. The first-order chi connectivity index (χ1) is 6.56. The van der Waals surface area contributed by atoms with E-state index in [1.165, 1.54) is 25.8 Å². The molecule has 2 unspecified atom stereocenters. The predicted octanol–water partition coefficient (Wildman–Crippen LogP) is 3.69. The second kappa shape index (κ2) is 8.28. The minimum atomic E-state index is 0.775. The molecule has 0 saturated heterocycles. The third-order valence-corrected chi connectivity index (χ3v) is 2.89. The quantitative estimate of drug-likeness (QED) is 0.628. The molecule has 1 N–H and O–H groups in total. The number of rotatable bonds is 8. The van der Waals surface area contributed by atoms with Crippen molar-refractivity contribution in [2.24, 2.45) is 17.8 Å². The molecule has 0 amide bonds. The van der Waals surface area contributed by atoms with Crippen LogP contribution in [0.4, 0.5) is 0 Å². The molecule has 0 aliphatic carbocycles. The highest BCUT2D eigenvalue weighted by Gasteiger charge is 2.05. The van der Waals surface area contributed by atoms with Gasteiger partial charge in [-0.25, -0.2) is 0 Å². The van der Waals surface area contributed by atoms with E-state index in [1.807, 2.05) is 0 Å². The number of nitrogens with one attached hydrogen (secondary N) is 1. The van der Waals surface area contributed by atoms with E-state index in [2.05, 4.69) is 39.9 Å². The van der Waals surface area contributed by atoms with Gasteiger partial charge in [0.25, 0.3) is 0 Å². The summed E-state index contributed by atoms with van der Waals surface area (Å²) >= 11 is 0. The summed E-state index contributed by atoms with van der Waals surface area (Å²) in [4.78, 5) is 0. The molecule has 0 rings (SSSR count). The van der Waals surface area contributed by atoms with E-state index >= 15 is 0 Å². The van der Waals surface area contributed by atoms with Gasteiger partial charge < -0.3 is 5.32 Å². The predicted molar refractivity (Wildman–Crippen MR) is 65.6 cm³/mol. The van der Waals surface area contributed by atoms with Crippen molar-refractivity contribution in [1.29, 1.82) is 0 Å². The van der Waals surface area contributed by atoms with Crippen LogP contribution in [0.3, 0.4) is 0 Å². The molecule has 0 bridgehead atoms. The molecule has 0 aromatic heterocycles. The van der Waals surface area contributed by atoms with Gasteiger partial charge in [0.1, 0.15) is 0 Å². The second-order valence-corrected chi connectivity index (χ2v) is 5.25. The molecule has 0 aromatic rings. The molecular formula is C13H29N. The van der Waals surface area contributed by atoms with Crippen LogP contribution in [0.2, 0.25) is 0 Å². The van der Waals surface area contributed by atoms with Gasteiger partial charge >= 0.3 is 0 Å². The van der Waals surface area contributed by atoms with Gasteiger partial charge in [0, 0.05) is 0 Å². The average Bonchev–Trinajstić information content (AvgIpc) is 2.13. The highest BCUT2D eigenvalue weighted by atomic mass is 14.9. The minimum absolute atomic E-state index is 0.775. The van der Waals surface area contributed by atoms with Gasteiger partial charge in [0.15, 0.2) is 0 Å². The number of hydrogen-bond donors (Lipinski definition) is 1. The Hall–Kier alpha value is -0.0400. The summed E-state index contributed by atoms with van der Waals surface area (Å²) in [6, 6.07) is 0. The Kier molecular flexibility index (Phi) is 8.26. The molecule has 1 nitrogen and oxygen atoms in total. The average molecular weight is 199 g/mol. The van der Waals surface area contributed by atoms with Gasteiger partial charge in [-0.3, -0.25) is 0 Å². The summed E-state index contributed by atoms with van der Waals surface area (Å²) in [5, 5.41) is 3.53. The van der Waals surface area contributed by atoms with Crippen molar-refractivity contribution in [1.82, 2.24) is 5.32 Å². The highest BCUT2D eigenvalue weighted by molar-refractivity contribution is 4.60. The molecule has 0 aromatic carbocycles. The molecule has 0 aliphatic heterocycles. The molecule has 1 heteroatoms. The zero-order valence-corrected chi connectivity index (χ0v) is 10.8. The topological polar surface area (TPSA) is 12.0 Å². The Bertz CT molecular complexity index is 120. The van der Waals surface area contributed by atoms with Crippen molar-refractivity contribution < 1.29 is 0 Å².